The SMILES string of the molecule is CC1(C)[C@@H]2C[C@@H](OC(=O)c3ccccc3)[C@H](CO[Si](C)(C)C(C)(C)C)OC(=O)[C@@H]21. The van der Waals surface area contributed by atoms with Crippen LogP contribution in [0.1, 0.15) is 51.4 Å². The van der Waals surface area contributed by atoms with Crippen LogP contribution in [0.2, 0.25) is 18.1 Å². The van der Waals surface area contributed by atoms with E-state index in [4.69, 9.17) is 13.9 Å². The maximum absolute atomic E-state index is 12.7. The lowest BCUT2D eigenvalue weighted by Crippen LogP contribution is -2.46. The number of hydrogen-bond donors (Lipinski definition) is 0. The van der Waals surface area contributed by atoms with Crippen molar-refractivity contribution in [2.24, 2.45) is 17.3 Å². The lowest BCUT2D eigenvalue weighted by Gasteiger charge is -2.38. The molecular weight excluding hydrogens is 384 g/mol. The topological polar surface area (TPSA) is 61.8 Å². The molecule has 2 aliphatic rings. The van der Waals surface area contributed by atoms with Crippen LogP contribution in [0, 0.1) is 17.3 Å². The quantitative estimate of drug-likeness (QED) is 0.507. The fourth-order valence-corrected chi connectivity index (χ4v) is 4.92. The number of benzene rings is 1. The third-order valence-corrected chi connectivity index (χ3v) is 11.7. The zero-order valence-corrected chi connectivity index (χ0v) is 19.7. The van der Waals surface area contributed by atoms with E-state index in [0.717, 1.165) is 0 Å². The van der Waals surface area contributed by atoms with Crippen LogP contribution >= 0.6 is 0 Å². The van der Waals surface area contributed by atoms with E-state index in [1.165, 1.54) is 0 Å². The fourth-order valence-electron chi connectivity index (χ4n) is 3.90. The minimum absolute atomic E-state index is 0.0437. The number of cyclic esters (lactones) is 1. The zero-order chi connectivity index (χ0) is 21.6. The highest BCUT2D eigenvalue weighted by Gasteiger charge is 2.65. The Kier molecular flexibility index (Phi) is 5.73. The molecule has 1 aromatic carbocycles. The molecule has 0 N–H and O–H groups in total. The third-order valence-electron chi connectivity index (χ3n) is 7.16. The van der Waals surface area contributed by atoms with Gasteiger partial charge in [-0.2, -0.15) is 0 Å². The number of rotatable bonds is 5. The van der Waals surface area contributed by atoms with Crippen LogP contribution in [-0.4, -0.2) is 39.1 Å². The summed E-state index contributed by atoms with van der Waals surface area (Å²) >= 11 is 0. The van der Waals surface area contributed by atoms with Crippen LogP contribution in [0.25, 0.3) is 0 Å². The first kappa shape index (κ1) is 22.0. The highest BCUT2D eigenvalue weighted by molar-refractivity contribution is 6.74. The molecule has 1 aliphatic heterocycles. The van der Waals surface area contributed by atoms with Gasteiger partial charge in [-0.15, -0.1) is 0 Å². The summed E-state index contributed by atoms with van der Waals surface area (Å²) in [5.41, 5.74) is 0.387. The Morgan fingerprint density at radius 2 is 1.83 bits per heavy atom. The van der Waals surface area contributed by atoms with Crippen molar-refractivity contribution in [3.63, 3.8) is 0 Å². The second-order valence-corrected chi connectivity index (χ2v) is 15.3. The fraction of sp³-hybridized carbons (Fsp3) is 0.652. The van der Waals surface area contributed by atoms with E-state index < -0.39 is 20.5 Å². The molecule has 3 rings (SSSR count). The molecule has 0 spiro atoms. The van der Waals surface area contributed by atoms with Crippen LogP contribution < -0.4 is 0 Å². The molecule has 1 heterocycles. The molecule has 0 amide bonds. The zero-order valence-electron chi connectivity index (χ0n) is 18.7. The summed E-state index contributed by atoms with van der Waals surface area (Å²) in [6.07, 6.45) is -0.464. The van der Waals surface area contributed by atoms with Gasteiger partial charge in [0, 0.05) is 0 Å². The van der Waals surface area contributed by atoms with Crippen LogP contribution in [0.3, 0.4) is 0 Å². The van der Waals surface area contributed by atoms with E-state index in [1.54, 1.807) is 12.1 Å². The van der Waals surface area contributed by atoms with Crippen molar-refractivity contribution in [1.29, 1.82) is 0 Å². The van der Waals surface area contributed by atoms with Crippen LogP contribution in [-0.2, 0) is 18.7 Å². The van der Waals surface area contributed by atoms with E-state index in [2.05, 4.69) is 47.7 Å². The molecule has 5 nitrogen and oxygen atoms in total. The van der Waals surface area contributed by atoms with Gasteiger partial charge in [0.15, 0.2) is 14.4 Å². The van der Waals surface area contributed by atoms with E-state index in [0.29, 0.717) is 12.0 Å². The molecule has 29 heavy (non-hydrogen) atoms. The first-order chi connectivity index (χ1) is 13.3. The molecule has 160 valence electrons. The predicted octanol–water partition coefficient (Wildman–Crippen LogP) is 4.82. The van der Waals surface area contributed by atoms with Gasteiger partial charge < -0.3 is 13.9 Å². The monoisotopic (exact) mass is 418 g/mol. The van der Waals surface area contributed by atoms with Gasteiger partial charge in [-0.3, -0.25) is 4.79 Å². The summed E-state index contributed by atoms with van der Waals surface area (Å²) in [6, 6.07) is 8.94. The lowest BCUT2D eigenvalue weighted by atomic mass is 10.0. The smallest absolute Gasteiger partial charge is 0.338 e. The molecule has 1 aromatic rings. The normalized spacial score (nSPS) is 28.7. The summed E-state index contributed by atoms with van der Waals surface area (Å²) in [7, 11) is -2.03. The van der Waals surface area contributed by atoms with Crippen molar-refractivity contribution in [3.8, 4) is 0 Å². The van der Waals surface area contributed by atoms with Gasteiger partial charge in [0.25, 0.3) is 0 Å². The highest BCUT2D eigenvalue weighted by Crippen LogP contribution is 2.62. The number of carbonyl (C=O) groups excluding carboxylic acids is 2. The van der Waals surface area contributed by atoms with Gasteiger partial charge in [-0.1, -0.05) is 52.8 Å². The number of esters is 2. The maximum atomic E-state index is 12.7. The molecular formula is C23H34O5Si. The van der Waals surface area contributed by atoms with Crippen molar-refractivity contribution >= 4 is 20.3 Å². The molecule has 1 saturated carbocycles. The Morgan fingerprint density at radius 3 is 2.41 bits per heavy atom. The van der Waals surface area contributed by atoms with Crippen molar-refractivity contribution in [3.05, 3.63) is 35.9 Å². The Balaban J connectivity index is 1.78. The van der Waals surface area contributed by atoms with Crippen molar-refractivity contribution in [2.75, 3.05) is 6.61 Å². The largest absolute Gasteiger partial charge is 0.456 e. The summed E-state index contributed by atoms with van der Waals surface area (Å²) < 4.78 is 18.0. The van der Waals surface area contributed by atoms with Gasteiger partial charge in [-0.05, 0) is 48.0 Å². The standard InChI is InChI=1S/C23H34O5Si/c1-22(2,3)29(6,7)26-14-18-17(27-20(24)15-11-9-8-10-12-15)13-16-19(21(25)28-18)23(16,4)5/h8-12,16-19H,13-14H2,1-7H3/t16-,17-,18+,19-/m1/s1. The van der Waals surface area contributed by atoms with E-state index in [1.807, 2.05) is 18.2 Å². The molecule has 1 aliphatic carbocycles. The van der Waals surface area contributed by atoms with Gasteiger partial charge >= 0.3 is 11.9 Å². The van der Waals surface area contributed by atoms with Crippen molar-refractivity contribution < 1.29 is 23.5 Å². The second kappa shape index (κ2) is 7.55. The molecule has 4 atom stereocenters. The number of fused-ring (bicyclic) bond motifs is 1. The highest BCUT2D eigenvalue weighted by atomic mass is 28.4. The second-order valence-electron chi connectivity index (χ2n) is 10.5. The number of carbonyl (C=O) groups is 2. The predicted molar refractivity (Wildman–Crippen MR) is 114 cm³/mol. The van der Waals surface area contributed by atoms with Crippen LogP contribution in [0.4, 0.5) is 0 Å². The van der Waals surface area contributed by atoms with Crippen LogP contribution in [0.5, 0.6) is 0 Å². The Labute approximate surface area is 175 Å². The molecule has 0 unspecified atom stereocenters. The van der Waals surface area contributed by atoms with E-state index in [-0.39, 0.29) is 40.8 Å². The molecule has 2 fully saturated rings. The van der Waals surface area contributed by atoms with E-state index in [9.17, 15) is 9.59 Å². The molecule has 6 heteroatoms. The molecule has 0 aromatic heterocycles. The third kappa shape index (κ3) is 4.43. The van der Waals surface area contributed by atoms with Gasteiger partial charge in [0.2, 0.25) is 0 Å². The van der Waals surface area contributed by atoms with E-state index >= 15 is 0 Å². The summed E-state index contributed by atoms with van der Waals surface area (Å²) in [4.78, 5) is 25.4. The molecule has 0 radical (unpaired) electrons. The summed E-state index contributed by atoms with van der Waals surface area (Å²) in [6.45, 7) is 15.2. The Hall–Kier alpha value is -1.66. The van der Waals surface area contributed by atoms with Crippen LogP contribution in [0.15, 0.2) is 30.3 Å². The van der Waals surface area contributed by atoms with Crippen molar-refractivity contribution in [2.45, 2.75) is 71.4 Å². The summed E-state index contributed by atoms with van der Waals surface area (Å²) in [5, 5.41) is 0.0437. The minimum atomic E-state index is -2.03. The average molecular weight is 419 g/mol. The van der Waals surface area contributed by atoms with Crippen molar-refractivity contribution in [1.82, 2.24) is 0 Å². The van der Waals surface area contributed by atoms with Gasteiger partial charge in [0.1, 0.15) is 6.10 Å². The Bertz CT molecular complexity index is 765. The van der Waals surface area contributed by atoms with Gasteiger partial charge in [-0.25, -0.2) is 4.79 Å². The number of ether oxygens (including phenoxy) is 2. The number of hydrogen-bond acceptors (Lipinski definition) is 5. The Morgan fingerprint density at radius 1 is 1.21 bits per heavy atom. The summed E-state index contributed by atoms with van der Waals surface area (Å²) in [5.74, 6) is -0.539. The first-order valence-electron chi connectivity index (χ1n) is 10.4. The average Bonchev–Trinajstić information content (AvgIpc) is 3.21. The van der Waals surface area contributed by atoms with Gasteiger partial charge in [0.05, 0.1) is 18.1 Å². The maximum Gasteiger partial charge on any atom is 0.338 e. The lowest BCUT2D eigenvalue weighted by molar-refractivity contribution is -0.158. The first-order valence-corrected chi connectivity index (χ1v) is 13.4. The minimum Gasteiger partial charge on any atom is -0.456 e. The molecule has 1 saturated heterocycles. The molecule has 0 bridgehead atoms.